The first-order valence-corrected chi connectivity index (χ1v) is 5.15. The molecule has 0 atom stereocenters. The monoisotopic (exact) mass is 204 g/mol. The van der Waals surface area contributed by atoms with Gasteiger partial charge in [-0.2, -0.15) is 0 Å². The molecule has 0 saturated carbocycles. The summed E-state index contributed by atoms with van der Waals surface area (Å²) in [6.07, 6.45) is 1.62. The Balaban J connectivity index is 2.29. The molecule has 2 aromatic rings. The molecule has 1 radical (unpaired) electrons. The van der Waals surface area contributed by atoms with Crippen LogP contribution >= 0.6 is 11.3 Å². The van der Waals surface area contributed by atoms with E-state index in [-0.39, 0.29) is 0 Å². The highest BCUT2D eigenvalue weighted by molar-refractivity contribution is 7.10. The van der Waals surface area contributed by atoms with Crippen LogP contribution in [0.4, 0.5) is 0 Å². The van der Waals surface area contributed by atoms with Gasteiger partial charge in [0.15, 0.2) is 0 Å². The molecule has 0 amide bonds. The highest BCUT2D eigenvalue weighted by Crippen LogP contribution is 2.27. The van der Waals surface area contributed by atoms with Crippen LogP contribution in [0.2, 0.25) is 0 Å². The van der Waals surface area contributed by atoms with E-state index in [1.165, 1.54) is 16.9 Å². The maximum absolute atomic E-state index is 5.61. The van der Waals surface area contributed by atoms with Gasteiger partial charge in [0.25, 0.3) is 5.19 Å². The molecule has 2 nitrogen and oxygen atoms in total. The smallest absolute Gasteiger partial charge is 0.279 e. The lowest BCUT2D eigenvalue weighted by Gasteiger charge is -2.07. The Labute approximate surface area is 87.2 Å². The topological polar surface area (TPSA) is 22.1 Å². The predicted octanol–water partition coefficient (Wildman–Crippen LogP) is 3.35. The van der Waals surface area contributed by atoms with Crippen molar-refractivity contribution in [2.24, 2.45) is 0 Å². The maximum Gasteiger partial charge on any atom is 0.279 e. The Morgan fingerprint density at radius 1 is 1.36 bits per heavy atom. The molecule has 1 heterocycles. The molecule has 0 saturated heterocycles. The predicted molar refractivity (Wildman–Crippen MR) is 56.9 cm³/mol. The van der Waals surface area contributed by atoms with Gasteiger partial charge in [0, 0.05) is 0 Å². The van der Waals surface area contributed by atoms with Crippen LogP contribution in [0.15, 0.2) is 24.4 Å². The summed E-state index contributed by atoms with van der Waals surface area (Å²) < 4.78 is 5.61. The minimum atomic E-state index is 0.638. The van der Waals surface area contributed by atoms with E-state index in [4.69, 9.17) is 4.74 Å². The van der Waals surface area contributed by atoms with Crippen molar-refractivity contribution < 1.29 is 4.74 Å². The van der Waals surface area contributed by atoms with Gasteiger partial charge in [-0.1, -0.05) is 23.5 Å². The molecule has 3 heteroatoms. The average molecular weight is 204 g/mol. The lowest BCUT2D eigenvalue weighted by atomic mass is 10.1. The molecule has 0 aliphatic rings. The number of hydrogen-bond donors (Lipinski definition) is 0. The second kappa shape index (κ2) is 3.80. The van der Waals surface area contributed by atoms with Crippen molar-refractivity contribution in [1.29, 1.82) is 0 Å². The number of ether oxygens (including phenoxy) is 1. The second-order valence-electron chi connectivity index (χ2n) is 3.04. The fourth-order valence-corrected chi connectivity index (χ4v) is 1.60. The van der Waals surface area contributed by atoms with E-state index in [9.17, 15) is 0 Å². The van der Waals surface area contributed by atoms with Gasteiger partial charge in [0.1, 0.15) is 5.75 Å². The van der Waals surface area contributed by atoms with Gasteiger partial charge in [0.05, 0.1) is 11.6 Å². The van der Waals surface area contributed by atoms with Crippen LogP contribution in [-0.4, -0.2) is 4.98 Å². The largest absolute Gasteiger partial charge is 0.431 e. The van der Waals surface area contributed by atoms with Gasteiger partial charge in [0.2, 0.25) is 0 Å². The molecule has 14 heavy (non-hydrogen) atoms. The summed E-state index contributed by atoms with van der Waals surface area (Å²) in [6.45, 7) is 4.11. The molecule has 0 fully saturated rings. The van der Waals surface area contributed by atoms with E-state index in [1.807, 2.05) is 19.1 Å². The molecule has 1 aromatic heterocycles. The van der Waals surface area contributed by atoms with Gasteiger partial charge in [-0.3, -0.25) is 0 Å². The summed E-state index contributed by atoms with van der Waals surface area (Å²) in [5, 5.41) is 3.53. The molecule has 0 aliphatic heterocycles. The van der Waals surface area contributed by atoms with Crippen LogP contribution in [0.3, 0.4) is 0 Å². The zero-order valence-corrected chi connectivity index (χ0v) is 8.89. The zero-order valence-electron chi connectivity index (χ0n) is 8.07. The van der Waals surface area contributed by atoms with Crippen LogP contribution in [0.5, 0.6) is 10.9 Å². The Morgan fingerprint density at radius 2 is 2.21 bits per heavy atom. The molecule has 0 spiro atoms. The van der Waals surface area contributed by atoms with Gasteiger partial charge in [-0.05, 0) is 31.0 Å². The first-order valence-electron chi connectivity index (χ1n) is 4.33. The molecule has 0 unspecified atom stereocenters. The lowest BCUT2D eigenvalue weighted by Crippen LogP contribution is -1.88. The summed E-state index contributed by atoms with van der Waals surface area (Å²) in [5.41, 5.74) is 2.38. The van der Waals surface area contributed by atoms with Crippen LogP contribution in [0, 0.1) is 19.2 Å². The number of aryl methyl sites for hydroxylation is 1. The Hall–Kier alpha value is -1.35. The van der Waals surface area contributed by atoms with Crippen molar-refractivity contribution in [3.63, 3.8) is 0 Å². The van der Waals surface area contributed by atoms with E-state index < -0.39 is 0 Å². The quantitative estimate of drug-likeness (QED) is 0.748. The van der Waals surface area contributed by atoms with E-state index in [2.05, 4.69) is 23.4 Å². The van der Waals surface area contributed by atoms with Gasteiger partial charge in [-0.15, -0.1) is 0 Å². The second-order valence-corrected chi connectivity index (χ2v) is 3.83. The van der Waals surface area contributed by atoms with Crippen molar-refractivity contribution in [3.05, 3.63) is 40.9 Å². The molecule has 0 N–H and O–H groups in total. The summed E-state index contributed by atoms with van der Waals surface area (Å²) in [4.78, 5) is 4.02. The number of benzene rings is 1. The minimum absolute atomic E-state index is 0.638. The van der Waals surface area contributed by atoms with Crippen molar-refractivity contribution in [1.82, 2.24) is 4.98 Å². The van der Waals surface area contributed by atoms with Crippen LogP contribution in [0.25, 0.3) is 0 Å². The summed E-state index contributed by atoms with van der Waals surface area (Å²) in [5.74, 6) is 0.869. The average Bonchev–Trinajstić information content (AvgIpc) is 2.66. The highest BCUT2D eigenvalue weighted by atomic mass is 32.1. The van der Waals surface area contributed by atoms with E-state index in [0.717, 1.165) is 11.3 Å². The van der Waals surface area contributed by atoms with Crippen molar-refractivity contribution in [3.8, 4) is 10.9 Å². The number of hydrogen-bond acceptors (Lipinski definition) is 3. The molecule has 2 rings (SSSR count). The Kier molecular flexibility index (Phi) is 2.50. The van der Waals surface area contributed by atoms with Gasteiger partial charge >= 0.3 is 0 Å². The SMILES string of the molecule is Cc1cccc(Oc2nc[c]s2)c1C. The summed E-state index contributed by atoms with van der Waals surface area (Å²) in [7, 11) is 0. The van der Waals surface area contributed by atoms with Gasteiger partial charge in [-0.25, -0.2) is 4.98 Å². The van der Waals surface area contributed by atoms with E-state index in [0.29, 0.717) is 5.19 Å². The third-order valence-corrected chi connectivity index (χ3v) is 2.71. The first-order chi connectivity index (χ1) is 6.77. The third kappa shape index (κ3) is 1.77. The number of thiazole rings is 1. The molecule has 1 aromatic carbocycles. The highest BCUT2D eigenvalue weighted by Gasteiger charge is 2.04. The van der Waals surface area contributed by atoms with E-state index >= 15 is 0 Å². The molecule has 0 bridgehead atoms. The van der Waals surface area contributed by atoms with Gasteiger partial charge < -0.3 is 4.74 Å². The number of nitrogens with zero attached hydrogens (tertiary/aromatic N) is 1. The van der Waals surface area contributed by atoms with Crippen molar-refractivity contribution >= 4 is 11.3 Å². The summed E-state index contributed by atoms with van der Waals surface area (Å²) in [6, 6.07) is 5.99. The van der Waals surface area contributed by atoms with Crippen LogP contribution in [-0.2, 0) is 0 Å². The first kappa shape index (κ1) is 9.21. The number of rotatable bonds is 2. The molecule has 71 valence electrons. The third-order valence-electron chi connectivity index (χ3n) is 2.12. The Bertz CT molecular complexity index is 423. The van der Waals surface area contributed by atoms with Crippen LogP contribution < -0.4 is 4.74 Å². The molecular weight excluding hydrogens is 194 g/mol. The van der Waals surface area contributed by atoms with Crippen LogP contribution in [0.1, 0.15) is 11.1 Å². The Morgan fingerprint density at radius 3 is 2.93 bits per heavy atom. The number of aromatic nitrogens is 1. The summed E-state index contributed by atoms with van der Waals surface area (Å²) >= 11 is 1.37. The lowest BCUT2D eigenvalue weighted by molar-refractivity contribution is 0.474. The van der Waals surface area contributed by atoms with Crippen molar-refractivity contribution in [2.75, 3.05) is 0 Å². The fourth-order valence-electron chi connectivity index (χ4n) is 1.16. The van der Waals surface area contributed by atoms with E-state index in [1.54, 1.807) is 6.20 Å². The zero-order chi connectivity index (χ0) is 9.97. The maximum atomic E-state index is 5.61. The standard InChI is InChI=1S/C11H10NOS/c1-8-4-3-5-10(9(8)2)13-11-12-6-7-14-11/h3-6H,1-2H3. The molecular formula is C11H10NOS. The fraction of sp³-hybridized carbons (Fsp3) is 0.182. The van der Waals surface area contributed by atoms with Crippen molar-refractivity contribution in [2.45, 2.75) is 13.8 Å². The molecule has 0 aliphatic carbocycles. The minimum Gasteiger partial charge on any atom is -0.431 e. The normalized spacial score (nSPS) is 10.1.